The van der Waals surface area contributed by atoms with E-state index in [-0.39, 0.29) is 12.1 Å². The molecule has 5 heteroatoms. The molecule has 1 amide bonds. The first-order valence-corrected chi connectivity index (χ1v) is 8.27. The number of nitrogens with one attached hydrogen (secondary N) is 1. The highest BCUT2D eigenvalue weighted by molar-refractivity contribution is 5.69. The van der Waals surface area contributed by atoms with Crippen molar-refractivity contribution in [2.45, 2.75) is 51.7 Å². The average molecular weight is 320 g/mol. The van der Waals surface area contributed by atoms with Crippen molar-refractivity contribution >= 4 is 11.8 Å². The third-order valence-corrected chi connectivity index (χ3v) is 3.89. The SMILES string of the molecule is COc1ccccc1NCC1CCCCN1C(=O)OC(C)(C)C. The number of methoxy groups -OCH3 is 1. The van der Waals surface area contributed by atoms with Gasteiger partial charge < -0.3 is 19.7 Å². The number of anilines is 1. The van der Waals surface area contributed by atoms with E-state index in [0.29, 0.717) is 6.54 Å². The molecule has 5 nitrogen and oxygen atoms in total. The van der Waals surface area contributed by atoms with Crippen LogP contribution in [-0.4, -0.2) is 42.8 Å². The summed E-state index contributed by atoms with van der Waals surface area (Å²) in [6, 6.07) is 7.96. The number of ether oxygens (including phenoxy) is 2. The molecule has 0 saturated carbocycles. The van der Waals surface area contributed by atoms with Gasteiger partial charge in [-0.2, -0.15) is 0 Å². The molecule has 128 valence electrons. The number of hydrogen-bond acceptors (Lipinski definition) is 4. The lowest BCUT2D eigenvalue weighted by Gasteiger charge is -2.37. The maximum Gasteiger partial charge on any atom is 0.410 e. The normalized spacial score (nSPS) is 18.4. The van der Waals surface area contributed by atoms with Crippen LogP contribution in [0.5, 0.6) is 5.75 Å². The van der Waals surface area contributed by atoms with Crippen molar-refractivity contribution in [3.8, 4) is 5.75 Å². The zero-order valence-electron chi connectivity index (χ0n) is 14.6. The van der Waals surface area contributed by atoms with Crippen LogP contribution in [0.4, 0.5) is 10.5 Å². The van der Waals surface area contributed by atoms with Gasteiger partial charge in [0.05, 0.1) is 18.8 Å². The predicted octanol–water partition coefficient (Wildman–Crippen LogP) is 3.90. The topological polar surface area (TPSA) is 50.8 Å². The maximum absolute atomic E-state index is 12.4. The highest BCUT2D eigenvalue weighted by Crippen LogP contribution is 2.25. The second-order valence-electron chi connectivity index (χ2n) is 6.90. The number of amides is 1. The van der Waals surface area contributed by atoms with Crippen LogP contribution >= 0.6 is 0 Å². The van der Waals surface area contributed by atoms with Crippen molar-refractivity contribution in [2.24, 2.45) is 0 Å². The van der Waals surface area contributed by atoms with Gasteiger partial charge in [0.15, 0.2) is 0 Å². The smallest absolute Gasteiger partial charge is 0.410 e. The Hall–Kier alpha value is -1.91. The Bertz CT molecular complexity index is 525. The van der Waals surface area contributed by atoms with Crippen molar-refractivity contribution in [3.63, 3.8) is 0 Å². The number of carbonyl (C=O) groups is 1. The van der Waals surface area contributed by atoms with Crippen molar-refractivity contribution in [1.29, 1.82) is 0 Å². The zero-order valence-corrected chi connectivity index (χ0v) is 14.6. The van der Waals surface area contributed by atoms with Crippen LogP contribution < -0.4 is 10.1 Å². The van der Waals surface area contributed by atoms with Gasteiger partial charge in [0.1, 0.15) is 11.4 Å². The lowest BCUT2D eigenvalue weighted by atomic mass is 10.0. The summed E-state index contributed by atoms with van der Waals surface area (Å²) in [6.07, 6.45) is 2.94. The van der Waals surface area contributed by atoms with Gasteiger partial charge in [-0.25, -0.2) is 4.79 Å². The minimum Gasteiger partial charge on any atom is -0.495 e. The van der Waals surface area contributed by atoms with Crippen LogP contribution in [0, 0.1) is 0 Å². The molecule has 0 aromatic heterocycles. The number of benzene rings is 1. The predicted molar refractivity (Wildman–Crippen MR) is 92.1 cm³/mol. The fraction of sp³-hybridized carbons (Fsp3) is 0.611. The van der Waals surface area contributed by atoms with Gasteiger partial charge in [0.2, 0.25) is 0 Å². The van der Waals surface area contributed by atoms with E-state index in [9.17, 15) is 4.79 Å². The van der Waals surface area contributed by atoms with Gasteiger partial charge in [-0.15, -0.1) is 0 Å². The van der Waals surface area contributed by atoms with Crippen LogP contribution in [0.3, 0.4) is 0 Å². The first-order valence-electron chi connectivity index (χ1n) is 8.27. The van der Waals surface area contributed by atoms with Crippen LogP contribution in [0.25, 0.3) is 0 Å². The number of nitrogens with zero attached hydrogens (tertiary/aromatic N) is 1. The van der Waals surface area contributed by atoms with E-state index in [2.05, 4.69) is 5.32 Å². The molecule has 1 saturated heterocycles. The minimum atomic E-state index is -0.463. The molecule has 1 heterocycles. The second-order valence-corrected chi connectivity index (χ2v) is 6.90. The van der Waals surface area contributed by atoms with Crippen LogP contribution in [0.2, 0.25) is 0 Å². The highest BCUT2D eigenvalue weighted by atomic mass is 16.6. The number of para-hydroxylation sites is 2. The van der Waals surface area contributed by atoms with E-state index < -0.39 is 5.60 Å². The quantitative estimate of drug-likeness (QED) is 0.914. The molecule has 2 rings (SSSR count). The first kappa shape index (κ1) is 17.4. The molecule has 23 heavy (non-hydrogen) atoms. The van der Waals surface area contributed by atoms with Gasteiger partial charge in [0, 0.05) is 13.1 Å². The largest absolute Gasteiger partial charge is 0.495 e. The number of piperidine rings is 1. The van der Waals surface area contributed by atoms with Gasteiger partial charge >= 0.3 is 6.09 Å². The van der Waals surface area contributed by atoms with Crippen molar-refractivity contribution in [1.82, 2.24) is 4.90 Å². The highest BCUT2D eigenvalue weighted by Gasteiger charge is 2.30. The fourth-order valence-electron chi connectivity index (χ4n) is 2.79. The van der Waals surface area contributed by atoms with E-state index in [0.717, 1.165) is 37.2 Å². The molecule has 1 aromatic carbocycles. The standard InChI is InChI=1S/C18H28N2O3/c1-18(2,3)23-17(21)20-12-8-7-9-14(20)13-19-15-10-5-6-11-16(15)22-4/h5-6,10-11,14,19H,7-9,12-13H2,1-4H3. The Balaban J connectivity index is 2.00. The number of rotatable bonds is 4. The van der Waals surface area contributed by atoms with E-state index in [1.807, 2.05) is 49.9 Å². The Kier molecular flexibility index (Phi) is 5.74. The van der Waals surface area contributed by atoms with Gasteiger partial charge in [-0.05, 0) is 52.2 Å². The van der Waals surface area contributed by atoms with Gasteiger partial charge in [0.25, 0.3) is 0 Å². The molecule has 1 N–H and O–H groups in total. The molecule has 1 fully saturated rings. The Morgan fingerprint density at radius 3 is 2.74 bits per heavy atom. The molecule has 0 aliphatic carbocycles. The number of hydrogen-bond donors (Lipinski definition) is 1. The van der Waals surface area contributed by atoms with E-state index >= 15 is 0 Å². The van der Waals surface area contributed by atoms with Gasteiger partial charge in [-0.3, -0.25) is 0 Å². The molecule has 1 unspecified atom stereocenters. The fourth-order valence-corrected chi connectivity index (χ4v) is 2.79. The average Bonchev–Trinajstić information content (AvgIpc) is 2.51. The third-order valence-electron chi connectivity index (χ3n) is 3.89. The third kappa shape index (κ3) is 5.05. The van der Waals surface area contributed by atoms with Crippen molar-refractivity contribution < 1.29 is 14.3 Å². The molecule has 0 spiro atoms. The van der Waals surface area contributed by atoms with E-state index in [4.69, 9.17) is 9.47 Å². The Morgan fingerprint density at radius 2 is 2.04 bits per heavy atom. The lowest BCUT2D eigenvalue weighted by molar-refractivity contribution is 0.0114. The summed E-state index contributed by atoms with van der Waals surface area (Å²) in [4.78, 5) is 14.3. The maximum atomic E-state index is 12.4. The van der Waals surface area contributed by atoms with Gasteiger partial charge in [-0.1, -0.05) is 12.1 Å². The zero-order chi connectivity index (χ0) is 16.9. The minimum absolute atomic E-state index is 0.142. The van der Waals surface area contributed by atoms with E-state index in [1.165, 1.54) is 0 Å². The van der Waals surface area contributed by atoms with Crippen molar-refractivity contribution in [3.05, 3.63) is 24.3 Å². The van der Waals surface area contributed by atoms with Crippen molar-refractivity contribution in [2.75, 3.05) is 25.5 Å². The Labute approximate surface area is 139 Å². The van der Waals surface area contributed by atoms with Crippen LogP contribution in [-0.2, 0) is 4.74 Å². The number of likely N-dealkylation sites (tertiary alicyclic amines) is 1. The summed E-state index contributed by atoms with van der Waals surface area (Å²) in [5, 5.41) is 3.41. The summed E-state index contributed by atoms with van der Waals surface area (Å²) in [5.41, 5.74) is 0.486. The molecular formula is C18H28N2O3. The summed E-state index contributed by atoms with van der Waals surface area (Å²) in [6.45, 7) is 7.15. The second kappa shape index (κ2) is 7.57. The van der Waals surface area contributed by atoms with E-state index in [1.54, 1.807) is 7.11 Å². The van der Waals surface area contributed by atoms with Crippen LogP contribution in [0.15, 0.2) is 24.3 Å². The molecule has 1 atom stereocenters. The molecule has 1 aliphatic rings. The molecule has 1 aliphatic heterocycles. The molecule has 0 bridgehead atoms. The van der Waals surface area contributed by atoms with Crippen LogP contribution in [0.1, 0.15) is 40.0 Å². The Morgan fingerprint density at radius 1 is 1.30 bits per heavy atom. The first-order chi connectivity index (χ1) is 10.9. The molecule has 1 aromatic rings. The summed E-state index contributed by atoms with van der Waals surface area (Å²) in [7, 11) is 1.66. The molecular weight excluding hydrogens is 292 g/mol. The summed E-state index contributed by atoms with van der Waals surface area (Å²) < 4.78 is 10.9. The molecule has 0 radical (unpaired) electrons. The number of carbonyl (C=O) groups excluding carboxylic acids is 1. The monoisotopic (exact) mass is 320 g/mol. The lowest BCUT2D eigenvalue weighted by Crippen LogP contribution is -2.48. The summed E-state index contributed by atoms with van der Waals surface area (Å²) in [5.74, 6) is 0.812. The summed E-state index contributed by atoms with van der Waals surface area (Å²) >= 11 is 0.